The molecule has 6 aromatic rings. The molecule has 44 heavy (non-hydrogen) atoms. The van der Waals surface area contributed by atoms with Crippen LogP contribution < -0.4 is 4.90 Å². The quantitative estimate of drug-likeness (QED) is 0.210. The Morgan fingerprint density at radius 3 is 1.91 bits per heavy atom. The van der Waals surface area contributed by atoms with E-state index in [-0.39, 0.29) is 0 Å². The Morgan fingerprint density at radius 2 is 1.18 bits per heavy atom. The van der Waals surface area contributed by atoms with Gasteiger partial charge in [-0.15, -0.1) is 0 Å². The van der Waals surface area contributed by atoms with Gasteiger partial charge in [-0.1, -0.05) is 117 Å². The molecule has 2 saturated carbocycles. The first-order valence-corrected chi connectivity index (χ1v) is 16.6. The zero-order valence-corrected chi connectivity index (χ0v) is 25.1. The zero-order chi connectivity index (χ0) is 29.0. The van der Waals surface area contributed by atoms with E-state index in [4.69, 9.17) is 15.0 Å². The fourth-order valence-corrected chi connectivity index (χ4v) is 8.55. The van der Waals surface area contributed by atoms with E-state index in [9.17, 15) is 0 Å². The number of rotatable bonds is 4. The van der Waals surface area contributed by atoms with Crippen molar-refractivity contribution >= 4 is 27.5 Å². The summed E-state index contributed by atoms with van der Waals surface area (Å²) in [5.41, 5.74) is 7.43. The van der Waals surface area contributed by atoms with Gasteiger partial charge in [0.05, 0.1) is 11.0 Å². The van der Waals surface area contributed by atoms with E-state index in [0.717, 1.165) is 16.6 Å². The maximum absolute atomic E-state index is 5.24. The second kappa shape index (κ2) is 10.6. The molecular weight excluding hydrogens is 538 g/mol. The van der Waals surface area contributed by atoms with Crippen LogP contribution in [-0.2, 0) is 0 Å². The fraction of sp³-hybridized carbons (Fsp3) is 0.308. The van der Waals surface area contributed by atoms with Crippen LogP contribution in [0.25, 0.3) is 50.5 Å². The molecule has 0 N–H and O–H groups in total. The van der Waals surface area contributed by atoms with Crippen LogP contribution in [0.2, 0.25) is 0 Å². The van der Waals surface area contributed by atoms with Crippen molar-refractivity contribution in [3.63, 3.8) is 0 Å². The zero-order valence-electron chi connectivity index (χ0n) is 25.1. The minimum atomic E-state index is 0.538. The Balaban J connectivity index is 1.34. The van der Waals surface area contributed by atoms with Gasteiger partial charge >= 0.3 is 0 Å². The van der Waals surface area contributed by atoms with E-state index in [1.54, 1.807) is 0 Å². The highest BCUT2D eigenvalue weighted by molar-refractivity contribution is 6.12. The molecule has 2 fully saturated rings. The molecule has 3 aliphatic rings. The third-order valence-corrected chi connectivity index (χ3v) is 10.4. The van der Waals surface area contributed by atoms with Gasteiger partial charge in [0.2, 0.25) is 5.95 Å². The van der Waals surface area contributed by atoms with E-state index in [1.807, 2.05) is 12.1 Å². The van der Waals surface area contributed by atoms with Crippen LogP contribution in [0.15, 0.2) is 97.1 Å². The van der Waals surface area contributed by atoms with Crippen molar-refractivity contribution in [2.45, 2.75) is 75.8 Å². The smallest absolute Gasteiger partial charge is 0.238 e. The van der Waals surface area contributed by atoms with E-state index < -0.39 is 0 Å². The number of hydrogen-bond donors (Lipinski definition) is 0. The summed E-state index contributed by atoms with van der Waals surface area (Å²) >= 11 is 0. The van der Waals surface area contributed by atoms with Crippen LogP contribution in [0.1, 0.15) is 69.3 Å². The largest absolute Gasteiger partial charge is 0.365 e. The van der Waals surface area contributed by atoms with Gasteiger partial charge in [0.15, 0.2) is 11.6 Å². The van der Waals surface area contributed by atoms with Gasteiger partial charge in [0.1, 0.15) is 0 Å². The molecule has 0 radical (unpaired) electrons. The molecule has 5 heteroatoms. The molecule has 0 saturated heterocycles. The predicted molar refractivity (Wildman–Crippen MR) is 179 cm³/mol. The Labute approximate surface area is 258 Å². The molecule has 2 aliphatic carbocycles. The fourth-order valence-electron chi connectivity index (χ4n) is 8.55. The van der Waals surface area contributed by atoms with Crippen molar-refractivity contribution in [2.75, 3.05) is 4.90 Å². The van der Waals surface area contributed by atoms with Gasteiger partial charge in [-0.3, -0.25) is 4.57 Å². The maximum atomic E-state index is 5.24. The van der Waals surface area contributed by atoms with Gasteiger partial charge in [0.25, 0.3) is 0 Å². The number of fused-ring (bicyclic) bond motifs is 7. The van der Waals surface area contributed by atoms with Gasteiger partial charge in [-0.25, -0.2) is 4.98 Å². The van der Waals surface area contributed by atoms with Crippen LogP contribution in [0, 0.1) is 0 Å². The number of benzene rings is 4. The minimum Gasteiger partial charge on any atom is -0.365 e. The first kappa shape index (κ1) is 25.9. The molecule has 2 unspecified atom stereocenters. The van der Waals surface area contributed by atoms with E-state index in [0.29, 0.717) is 35.6 Å². The lowest BCUT2D eigenvalue weighted by Gasteiger charge is -2.40. The summed E-state index contributed by atoms with van der Waals surface area (Å²) in [6, 6.07) is 35.6. The highest BCUT2D eigenvalue weighted by Crippen LogP contribution is 2.54. The SMILES string of the molecule is c1ccc(-c2nc(-c3ccccc3)nc(-n3c4ccccc4c4ccc5c(c43)C3CCCCC3N5C3CCCCC3)n2)cc1. The Morgan fingerprint density at radius 1 is 0.545 bits per heavy atom. The highest BCUT2D eigenvalue weighted by atomic mass is 15.2. The summed E-state index contributed by atoms with van der Waals surface area (Å²) in [6.07, 6.45) is 11.9. The van der Waals surface area contributed by atoms with Crippen molar-refractivity contribution in [1.82, 2.24) is 19.5 Å². The molecule has 0 amide bonds. The average Bonchev–Trinajstić information content (AvgIpc) is 3.62. The van der Waals surface area contributed by atoms with Gasteiger partial charge < -0.3 is 4.90 Å². The second-order valence-corrected chi connectivity index (χ2v) is 12.9. The standard InChI is InChI=1S/C39H37N5/c1-4-14-26(15-5-1)37-40-38(27-16-6-2-7-17-27)42-39(41-37)44-32-22-12-10-20-29(32)30-24-25-34-35(36(30)44)31-21-11-13-23-33(31)43(34)28-18-8-3-9-19-28/h1-2,4-7,10,12,14-17,20,22,24-25,28,31,33H,3,8-9,11,13,18-19,21,23H2. The Kier molecular flexibility index (Phi) is 6.24. The third-order valence-electron chi connectivity index (χ3n) is 10.4. The van der Waals surface area contributed by atoms with Crippen molar-refractivity contribution in [3.05, 3.63) is 103 Å². The Hall–Kier alpha value is -4.51. The van der Waals surface area contributed by atoms with Crippen molar-refractivity contribution in [3.8, 4) is 28.7 Å². The first-order chi connectivity index (χ1) is 21.8. The molecule has 1 aliphatic heterocycles. The Bertz CT molecular complexity index is 1920. The molecule has 5 nitrogen and oxygen atoms in total. The minimum absolute atomic E-state index is 0.538. The van der Waals surface area contributed by atoms with Crippen LogP contribution >= 0.6 is 0 Å². The molecule has 9 rings (SSSR count). The topological polar surface area (TPSA) is 46.8 Å². The molecule has 218 valence electrons. The van der Waals surface area contributed by atoms with E-state index >= 15 is 0 Å². The monoisotopic (exact) mass is 575 g/mol. The van der Waals surface area contributed by atoms with E-state index in [2.05, 4.69) is 94.4 Å². The second-order valence-electron chi connectivity index (χ2n) is 12.9. The predicted octanol–water partition coefficient (Wildman–Crippen LogP) is 9.48. The summed E-state index contributed by atoms with van der Waals surface area (Å²) in [5, 5.41) is 2.56. The van der Waals surface area contributed by atoms with Gasteiger partial charge in [0, 0.05) is 51.2 Å². The van der Waals surface area contributed by atoms with Crippen molar-refractivity contribution < 1.29 is 0 Å². The number of aromatic nitrogens is 4. The number of nitrogens with zero attached hydrogens (tertiary/aromatic N) is 5. The molecule has 2 aromatic heterocycles. The number of hydrogen-bond acceptors (Lipinski definition) is 4. The first-order valence-electron chi connectivity index (χ1n) is 16.6. The molecule has 3 heterocycles. The summed E-state index contributed by atoms with van der Waals surface area (Å²) in [7, 11) is 0. The van der Waals surface area contributed by atoms with Gasteiger partial charge in [-0.2, -0.15) is 9.97 Å². The lowest BCUT2D eigenvalue weighted by atomic mass is 9.81. The van der Waals surface area contributed by atoms with Crippen molar-refractivity contribution in [1.29, 1.82) is 0 Å². The average molecular weight is 576 g/mol. The van der Waals surface area contributed by atoms with E-state index in [1.165, 1.54) is 85.3 Å². The number of para-hydroxylation sites is 1. The summed E-state index contributed by atoms with van der Waals surface area (Å²) in [5.74, 6) is 2.64. The van der Waals surface area contributed by atoms with Crippen LogP contribution in [0.5, 0.6) is 0 Å². The molecule has 4 aromatic carbocycles. The lowest BCUT2D eigenvalue weighted by molar-refractivity contribution is 0.331. The molecular formula is C39H37N5. The third kappa shape index (κ3) is 4.09. The highest BCUT2D eigenvalue weighted by Gasteiger charge is 2.44. The summed E-state index contributed by atoms with van der Waals surface area (Å²) in [6.45, 7) is 0. The molecule has 0 spiro atoms. The molecule has 2 atom stereocenters. The van der Waals surface area contributed by atoms with Gasteiger partial charge in [-0.05, 0) is 37.8 Å². The number of anilines is 1. The van der Waals surface area contributed by atoms with Crippen LogP contribution in [-0.4, -0.2) is 31.6 Å². The van der Waals surface area contributed by atoms with Crippen LogP contribution in [0.3, 0.4) is 0 Å². The van der Waals surface area contributed by atoms with Crippen LogP contribution in [0.4, 0.5) is 5.69 Å². The molecule has 0 bridgehead atoms. The maximum Gasteiger partial charge on any atom is 0.238 e. The van der Waals surface area contributed by atoms with Crippen molar-refractivity contribution in [2.24, 2.45) is 0 Å². The summed E-state index contributed by atoms with van der Waals surface area (Å²) in [4.78, 5) is 18.4. The lowest BCUT2D eigenvalue weighted by Crippen LogP contribution is -2.44. The normalized spacial score (nSPS) is 20.2. The summed E-state index contributed by atoms with van der Waals surface area (Å²) < 4.78 is 2.38.